The van der Waals surface area contributed by atoms with Crippen molar-refractivity contribution in [1.29, 1.82) is 0 Å². The van der Waals surface area contributed by atoms with Crippen molar-refractivity contribution in [3.63, 3.8) is 0 Å². The Labute approximate surface area is 153 Å². The summed E-state index contributed by atoms with van der Waals surface area (Å²) < 4.78 is 0. The second-order valence-corrected chi connectivity index (χ2v) is 7.86. The first-order valence-electron chi connectivity index (χ1n) is 10.4. The van der Waals surface area contributed by atoms with E-state index in [2.05, 4.69) is 23.5 Å². The van der Waals surface area contributed by atoms with Crippen LogP contribution in [0.25, 0.3) is 0 Å². The average molecular weight is 340 g/mol. The molecule has 2 fully saturated rings. The standard InChI is InChI=1S/C23H33NO/c25-23(24-22-15-7-3-4-8-16-22)21-14-10-9-13-20(17-18-21)19-11-5-1-2-6-12-19/h9-10,13-14,17-19,22H,1-8,11-12,15-16H2,(H,24,25)/b10-9-,13-9?,14-10?,18-17?,20-13+,20-17?,21-14?,21-18?. The average Bonchev–Trinajstić information content (AvgIpc) is 3.00. The van der Waals surface area contributed by atoms with Gasteiger partial charge in [-0.05, 0) is 49.3 Å². The topological polar surface area (TPSA) is 29.1 Å². The third-order valence-corrected chi connectivity index (χ3v) is 5.91. The number of nitrogens with one attached hydrogen (secondary N) is 1. The molecule has 2 saturated carbocycles. The minimum Gasteiger partial charge on any atom is -0.349 e. The van der Waals surface area contributed by atoms with Crippen LogP contribution in [0.15, 0.2) is 47.6 Å². The van der Waals surface area contributed by atoms with Crippen molar-refractivity contribution in [2.45, 2.75) is 83.1 Å². The van der Waals surface area contributed by atoms with Crippen LogP contribution in [-0.2, 0) is 4.79 Å². The van der Waals surface area contributed by atoms with Gasteiger partial charge < -0.3 is 5.32 Å². The van der Waals surface area contributed by atoms with E-state index in [1.165, 1.54) is 69.8 Å². The van der Waals surface area contributed by atoms with Gasteiger partial charge in [0.2, 0.25) is 0 Å². The van der Waals surface area contributed by atoms with Crippen molar-refractivity contribution in [2.75, 3.05) is 0 Å². The summed E-state index contributed by atoms with van der Waals surface area (Å²) in [5.74, 6) is 0.752. The zero-order valence-corrected chi connectivity index (χ0v) is 15.5. The fourth-order valence-corrected chi connectivity index (χ4v) is 4.35. The van der Waals surface area contributed by atoms with Gasteiger partial charge in [-0.3, -0.25) is 4.79 Å². The molecule has 0 atom stereocenters. The first-order chi connectivity index (χ1) is 12.3. The third-order valence-electron chi connectivity index (χ3n) is 5.91. The van der Waals surface area contributed by atoms with Crippen LogP contribution in [0.5, 0.6) is 0 Å². The summed E-state index contributed by atoms with van der Waals surface area (Å²) in [6.07, 6.45) is 27.9. The lowest BCUT2D eigenvalue weighted by atomic mass is 9.90. The second-order valence-electron chi connectivity index (χ2n) is 7.86. The van der Waals surface area contributed by atoms with E-state index in [4.69, 9.17) is 0 Å². The van der Waals surface area contributed by atoms with Gasteiger partial charge in [0.15, 0.2) is 0 Å². The van der Waals surface area contributed by atoms with Crippen LogP contribution in [0.2, 0.25) is 0 Å². The van der Waals surface area contributed by atoms with Gasteiger partial charge in [0.05, 0.1) is 0 Å². The Bertz CT molecular complexity index is 551. The monoisotopic (exact) mass is 339 g/mol. The highest BCUT2D eigenvalue weighted by Gasteiger charge is 2.18. The highest BCUT2D eigenvalue weighted by molar-refractivity contribution is 5.96. The number of carbonyl (C=O) groups is 1. The minimum absolute atomic E-state index is 0.0925. The molecule has 3 aliphatic carbocycles. The van der Waals surface area contributed by atoms with Gasteiger partial charge in [0, 0.05) is 11.6 Å². The molecule has 0 aromatic carbocycles. The number of hydrogen-bond acceptors (Lipinski definition) is 1. The van der Waals surface area contributed by atoms with Crippen LogP contribution in [-0.4, -0.2) is 11.9 Å². The van der Waals surface area contributed by atoms with E-state index in [9.17, 15) is 4.79 Å². The zero-order valence-electron chi connectivity index (χ0n) is 15.5. The lowest BCUT2D eigenvalue weighted by Gasteiger charge is -2.18. The van der Waals surface area contributed by atoms with Gasteiger partial charge in [0.1, 0.15) is 0 Å². The number of allylic oxidation sites excluding steroid dienone is 6. The number of amides is 1. The highest BCUT2D eigenvalue weighted by Crippen LogP contribution is 2.30. The molecule has 0 aromatic rings. The van der Waals surface area contributed by atoms with E-state index >= 15 is 0 Å². The van der Waals surface area contributed by atoms with Crippen LogP contribution >= 0.6 is 0 Å². The molecule has 0 radical (unpaired) electrons. The summed E-state index contributed by atoms with van der Waals surface area (Å²) in [7, 11) is 0. The maximum atomic E-state index is 12.7. The Morgan fingerprint density at radius 3 is 2.04 bits per heavy atom. The van der Waals surface area contributed by atoms with Crippen molar-refractivity contribution in [1.82, 2.24) is 5.32 Å². The molecule has 0 unspecified atom stereocenters. The van der Waals surface area contributed by atoms with Gasteiger partial charge in [-0.15, -0.1) is 0 Å². The van der Waals surface area contributed by atoms with Gasteiger partial charge in [-0.1, -0.05) is 75.7 Å². The molecule has 2 nitrogen and oxygen atoms in total. The SMILES string of the molecule is O=C(NC1CCCCCC1)C1=C/C=C\C=C(\C2CCCCCC2)C=C1. The molecule has 136 valence electrons. The fourth-order valence-electron chi connectivity index (χ4n) is 4.35. The quantitative estimate of drug-likeness (QED) is 0.649. The van der Waals surface area contributed by atoms with Crippen molar-refractivity contribution < 1.29 is 4.79 Å². The Hall–Kier alpha value is -1.57. The Morgan fingerprint density at radius 1 is 0.760 bits per heavy atom. The molecular formula is C23H33NO. The van der Waals surface area contributed by atoms with Crippen molar-refractivity contribution in [3.05, 3.63) is 47.6 Å². The van der Waals surface area contributed by atoms with Crippen LogP contribution in [0.3, 0.4) is 0 Å². The maximum absolute atomic E-state index is 12.7. The van der Waals surface area contributed by atoms with Crippen LogP contribution in [0.4, 0.5) is 0 Å². The largest absolute Gasteiger partial charge is 0.349 e. The Balaban J connectivity index is 1.62. The van der Waals surface area contributed by atoms with Crippen molar-refractivity contribution in [3.8, 4) is 0 Å². The summed E-state index contributed by atoms with van der Waals surface area (Å²) in [4.78, 5) is 12.7. The van der Waals surface area contributed by atoms with Crippen molar-refractivity contribution in [2.24, 2.45) is 5.92 Å². The molecule has 0 aliphatic heterocycles. The smallest absolute Gasteiger partial charge is 0.251 e. The summed E-state index contributed by atoms with van der Waals surface area (Å²) in [6.45, 7) is 0. The molecule has 0 bridgehead atoms. The van der Waals surface area contributed by atoms with Crippen LogP contribution in [0.1, 0.15) is 77.0 Å². The molecule has 25 heavy (non-hydrogen) atoms. The normalized spacial score (nSPS) is 27.0. The molecule has 0 spiro atoms. The van der Waals surface area contributed by atoms with Crippen LogP contribution in [0, 0.1) is 5.92 Å². The van der Waals surface area contributed by atoms with E-state index in [0.29, 0.717) is 12.0 Å². The summed E-state index contributed by atoms with van der Waals surface area (Å²) >= 11 is 0. The minimum atomic E-state index is 0.0925. The lowest BCUT2D eigenvalue weighted by Crippen LogP contribution is -2.35. The molecule has 1 N–H and O–H groups in total. The molecule has 0 heterocycles. The third kappa shape index (κ3) is 5.73. The number of carbonyl (C=O) groups excluding carboxylic acids is 1. The lowest BCUT2D eigenvalue weighted by molar-refractivity contribution is -0.117. The second kappa shape index (κ2) is 9.79. The number of rotatable bonds is 3. The molecule has 3 rings (SSSR count). The first kappa shape index (κ1) is 18.2. The molecule has 0 saturated heterocycles. The molecular weight excluding hydrogens is 306 g/mol. The van der Waals surface area contributed by atoms with E-state index < -0.39 is 0 Å². The molecule has 1 amide bonds. The Kier molecular flexibility index (Phi) is 7.14. The van der Waals surface area contributed by atoms with Crippen LogP contribution < -0.4 is 5.32 Å². The van der Waals surface area contributed by atoms with E-state index in [-0.39, 0.29) is 5.91 Å². The van der Waals surface area contributed by atoms with Gasteiger partial charge in [-0.2, -0.15) is 0 Å². The predicted molar refractivity (Wildman–Crippen MR) is 105 cm³/mol. The van der Waals surface area contributed by atoms with E-state index in [1.807, 2.05) is 18.2 Å². The van der Waals surface area contributed by atoms with E-state index in [1.54, 1.807) is 0 Å². The summed E-state index contributed by atoms with van der Waals surface area (Å²) in [6, 6.07) is 0.357. The van der Waals surface area contributed by atoms with Crippen molar-refractivity contribution >= 4 is 5.91 Å². The van der Waals surface area contributed by atoms with Gasteiger partial charge in [0.25, 0.3) is 5.91 Å². The number of hydrogen-bond donors (Lipinski definition) is 1. The molecule has 2 heteroatoms. The predicted octanol–water partition coefficient (Wildman–Crippen LogP) is 5.77. The van der Waals surface area contributed by atoms with Gasteiger partial charge >= 0.3 is 0 Å². The molecule has 0 aromatic heterocycles. The summed E-state index contributed by atoms with van der Waals surface area (Å²) in [5.41, 5.74) is 2.19. The highest BCUT2D eigenvalue weighted by atomic mass is 16.1. The molecule has 3 aliphatic rings. The first-order valence-corrected chi connectivity index (χ1v) is 10.4. The van der Waals surface area contributed by atoms with E-state index in [0.717, 1.165) is 18.4 Å². The Morgan fingerprint density at radius 2 is 1.36 bits per heavy atom. The fraction of sp³-hybridized carbons (Fsp3) is 0.609. The van der Waals surface area contributed by atoms with Gasteiger partial charge in [-0.25, -0.2) is 0 Å². The summed E-state index contributed by atoms with van der Waals surface area (Å²) in [5, 5.41) is 3.27. The zero-order chi connectivity index (χ0) is 17.3. The maximum Gasteiger partial charge on any atom is 0.251 e.